The standard InChI is InChI=1S/C20H28ClN5OS/c1-20(27)5-3-14(4-6-20)23-16-11-18(21)22-12-15(16)17-13-28-19(24-17)26-9-7-25(2)8-10-26/h11-14,27H,3-10H2,1-2H3,(H,22,23). The van der Waals surface area contributed by atoms with Crippen molar-refractivity contribution in [2.45, 2.75) is 44.2 Å². The van der Waals surface area contributed by atoms with Crippen molar-refractivity contribution in [3.05, 3.63) is 22.8 Å². The van der Waals surface area contributed by atoms with E-state index >= 15 is 0 Å². The second kappa shape index (κ2) is 8.14. The normalized spacial score (nSPS) is 26.4. The Labute approximate surface area is 175 Å². The third kappa shape index (κ3) is 4.59. The van der Waals surface area contributed by atoms with Gasteiger partial charge in [0.2, 0.25) is 0 Å². The molecule has 8 heteroatoms. The Kier molecular flexibility index (Phi) is 5.78. The second-order valence-corrected chi connectivity index (χ2v) is 9.50. The van der Waals surface area contributed by atoms with Gasteiger partial charge in [-0.2, -0.15) is 0 Å². The topological polar surface area (TPSA) is 64.5 Å². The maximum absolute atomic E-state index is 10.2. The van der Waals surface area contributed by atoms with Gasteiger partial charge in [0.05, 0.1) is 11.3 Å². The van der Waals surface area contributed by atoms with Crippen molar-refractivity contribution in [1.29, 1.82) is 0 Å². The molecule has 0 unspecified atom stereocenters. The maximum atomic E-state index is 10.2. The molecule has 4 rings (SSSR count). The molecule has 1 saturated heterocycles. The third-order valence-corrected chi connectivity index (χ3v) is 6.94. The summed E-state index contributed by atoms with van der Waals surface area (Å²) in [5.41, 5.74) is 2.36. The minimum Gasteiger partial charge on any atom is -0.390 e. The highest BCUT2D eigenvalue weighted by Crippen LogP contribution is 2.36. The van der Waals surface area contributed by atoms with Gasteiger partial charge < -0.3 is 20.2 Å². The molecule has 0 bridgehead atoms. The van der Waals surface area contributed by atoms with Gasteiger partial charge in [-0.3, -0.25) is 0 Å². The van der Waals surface area contributed by atoms with Gasteiger partial charge in [-0.15, -0.1) is 11.3 Å². The van der Waals surface area contributed by atoms with E-state index in [4.69, 9.17) is 16.6 Å². The Balaban J connectivity index is 1.52. The van der Waals surface area contributed by atoms with E-state index in [9.17, 15) is 5.11 Å². The van der Waals surface area contributed by atoms with E-state index in [2.05, 4.69) is 32.5 Å². The molecule has 2 N–H and O–H groups in total. The largest absolute Gasteiger partial charge is 0.390 e. The van der Waals surface area contributed by atoms with Crippen LogP contribution in [0.2, 0.25) is 5.15 Å². The first-order valence-corrected chi connectivity index (χ1v) is 11.2. The summed E-state index contributed by atoms with van der Waals surface area (Å²) in [6, 6.07) is 2.21. The number of hydrogen-bond acceptors (Lipinski definition) is 7. The number of piperazine rings is 1. The number of thiazole rings is 1. The summed E-state index contributed by atoms with van der Waals surface area (Å²) < 4.78 is 0. The lowest BCUT2D eigenvalue weighted by molar-refractivity contribution is 0.0196. The number of nitrogens with zero attached hydrogens (tertiary/aromatic N) is 4. The second-order valence-electron chi connectivity index (χ2n) is 8.27. The first-order chi connectivity index (χ1) is 13.4. The molecular formula is C20H28ClN5OS. The Hall–Kier alpha value is -1.41. The number of hydrogen-bond donors (Lipinski definition) is 2. The molecule has 0 atom stereocenters. The molecule has 3 heterocycles. The molecular weight excluding hydrogens is 394 g/mol. The van der Waals surface area contributed by atoms with Gasteiger partial charge in [-0.25, -0.2) is 9.97 Å². The Morgan fingerprint density at radius 2 is 1.96 bits per heavy atom. The fourth-order valence-corrected chi connectivity index (χ4v) is 4.93. The van der Waals surface area contributed by atoms with Crippen molar-refractivity contribution >= 4 is 33.8 Å². The van der Waals surface area contributed by atoms with Gasteiger partial charge in [0, 0.05) is 55.0 Å². The SMILES string of the molecule is CN1CCN(c2nc(-c3cnc(Cl)cc3NC3CCC(C)(O)CC3)cs2)CC1. The van der Waals surface area contributed by atoms with Crippen molar-refractivity contribution in [3.63, 3.8) is 0 Å². The zero-order valence-electron chi connectivity index (χ0n) is 16.5. The van der Waals surface area contributed by atoms with Crippen molar-refractivity contribution in [1.82, 2.24) is 14.9 Å². The van der Waals surface area contributed by atoms with Gasteiger partial charge in [-0.05, 0) is 45.7 Å². The van der Waals surface area contributed by atoms with Crippen LogP contribution in [0.3, 0.4) is 0 Å². The predicted octanol–water partition coefficient (Wildman–Crippen LogP) is 3.72. The van der Waals surface area contributed by atoms with Crippen LogP contribution in [0.4, 0.5) is 10.8 Å². The number of nitrogens with one attached hydrogen (secondary N) is 1. The molecule has 0 amide bonds. The number of aromatic nitrogens is 2. The maximum Gasteiger partial charge on any atom is 0.185 e. The van der Waals surface area contributed by atoms with Crippen LogP contribution in [0.5, 0.6) is 0 Å². The van der Waals surface area contributed by atoms with Crippen LogP contribution in [0.25, 0.3) is 11.3 Å². The van der Waals surface area contributed by atoms with Crippen LogP contribution >= 0.6 is 22.9 Å². The van der Waals surface area contributed by atoms with Gasteiger partial charge in [0.15, 0.2) is 5.13 Å². The molecule has 1 saturated carbocycles. The monoisotopic (exact) mass is 421 g/mol. The first kappa shape index (κ1) is 19.9. The smallest absolute Gasteiger partial charge is 0.185 e. The van der Waals surface area contributed by atoms with E-state index in [0.717, 1.165) is 73.9 Å². The predicted molar refractivity (Wildman–Crippen MR) is 117 cm³/mol. The van der Waals surface area contributed by atoms with E-state index in [1.54, 1.807) is 11.3 Å². The molecule has 1 aliphatic carbocycles. The fourth-order valence-electron chi connectivity index (χ4n) is 3.89. The average Bonchev–Trinajstić information content (AvgIpc) is 3.14. The minimum atomic E-state index is -0.538. The van der Waals surface area contributed by atoms with Crippen LogP contribution in [-0.2, 0) is 0 Å². The lowest BCUT2D eigenvalue weighted by Gasteiger charge is -2.34. The summed E-state index contributed by atoms with van der Waals surface area (Å²) in [6.07, 6.45) is 5.31. The Morgan fingerprint density at radius 3 is 2.68 bits per heavy atom. The highest BCUT2D eigenvalue weighted by atomic mass is 35.5. The summed E-state index contributed by atoms with van der Waals surface area (Å²) in [6.45, 7) is 6.07. The van der Waals surface area contributed by atoms with Crippen molar-refractivity contribution < 1.29 is 5.11 Å². The first-order valence-electron chi connectivity index (χ1n) is 9.93. The minimum absolute atomic E-state index is 0.327. The molecule has 28 heavy (non-hydrogen) atoms. The van der Waals surface area contributed by atoms with E-state index in [-0.39, 0.29) is 0 Å². The van der Waals surface area contributed by atoms with Crippen molar-refractivity contribution in [2.24, 2.45) is 0 Å². The van der Waals surface area contributed by atoms with Crippen LogP contribution in [0, 0.1) is 0 Å². The molecule has 0 radical (unpaired) electrons. The number of anilines is 2. The molecule has 0 spiro atoms. The van der Waals surface area contributed by atoms with Crippen molar-refractivity contribution in [2.75, 3.05) is 43.4 Å². The van der Waals surface area contributed by atoms with Gasteiger partial charge in [0.1, 0.15) is 5.15 Å². The molecule has 6 nitrogen and oxygen atoms in total. The molecule has 2 aromatic rings. The zero-order chi connectivity index (χ0) is 19.7. The van der Waals surface area contributed by atoms with Gasteiger partial charge >= 0.3 is 0 Å². The van der Waals surface area contributed by atoms with Crippen LogP contribution in [0.15, 0.2) is 17.6 Å². The van der Waals surface area contributed by atoms with Crippen LogP contribution < -0.4 is 10.2 Å². The molecule has 2 fully saturated rings. The molecule has 0 aromatic carbocycles. The number of rotatable bonds is 4. The fraction of sp³-hybridized carbons (Fsp3) is 0.600. The summed E-state index contributed by atoms with van der Waals surface area (Å²) in [5, 5.41) is 17.5. The highest BCUT2D eigenvalue weighted by molar-refractivity contribution is 7.14. The number of likely N-dealkylation sites (N-methyl/N-ethyl adjacent to an activating group) is 1. The number of aliphatic hydroxyl groups is 1. The Morgan fingerprint density at radius 1 is 1.25 bits per heavy atom. The van der Waals surface area contributed by atoms with E-state index in [1.807, 2.05) is 19.2 Å². The number of pyridine rings is 1. The summed E-state index contributed by atoms with van der Waals surface area (Å²) in [5.74, 6) is 0. The van der Waals surface area contributed by atoms with Gasteiger partial charge in [-0.1, -0.05) is 11.6 Å². The third-order valence-electron chi connectivity index (χ3n) is 5.83. The van der Waals surface area contributed by atoms with Crippen LogP contribution in [-0.4, -0.2) is 64.8 Å². The highest BCUT2D eigenvalue weighted by Gasteiger charge is 2.29. The molecule has 2 aliphatic rings. The zero-order valence-corrected chi connectivity index (χ0v) is 18.1. The molecule has 152 valence electrons. The average molecular weight is 422 g/mol. The van der Waals surface area contributed by atoms with E-state index in [1.165, 1.54) is 0 Å². The molecule has 2 aromatic heterocycles. The number of halogens is 1. The Bertz CT molecular complexity index is 809. The summed E-state index contributed by atoms with van der Waals surface area (Å²) in [4.78, 5) is 13.9. The van der Waals surface area contributed by atoms with Gasteiger partial charge in [0.25, 0.3) is 0 Å². The molecule has 1 aliphatic heterocycles. The lowest BCUT2D eigenvalue weighted by atomic mass is 9.83. The van der Waals surface area contributed by atoms with E-state index in [0.29, 0.717) is 11.2 Å². The quantitative estimate of drug-likeness (QED) is 0.733. The van der Waals surface area contributed by atoms with Crippen molar-refractivity contribution in [3.8, 4) is 11.3 Å². The lowest BCUT2D eigenvalue weighted by Crippen LogP contribution is -2.44. The van der Waals surface area contributed by atoms with E-state index < -0.39 is 5.60 Å². The van der Waals surface area contributed by atoms with Crippen LogP contribution in [0.1, 0.15) is 32.6 Å². The summed E-state index contributed by atoms with van der Waals surface area (Å²) in [7, 11) is 2.16. The summed E-state index contributed by atoms with van der Waals surface area (Å²) >= 11 is 7.87.